The summed E-state index contributed by atoms with van der Waals surface area (Å²) >= 11 is 12.7. The lowest BCUT2D eigenvalue weighted by atomic mass is 9.98. The minimum atomic E-state index is -0.417. The summed E-state index contributed by atoms with van der Waals surface area (Å²) in [4.78, 5) is 17.0. The summed E-state index contributed by atoms with van der Waals surface area (Å²) in [6.45, 7) is 0. The molecule has 0 aliphatic carbocycles. The molecular weight excluding hydrogens is 405 g/mol. The Morgan fingerprint density at radius 1 is 1.07 bits per heavy atom. The predicted octanol–water partition coefficient (Wildman–Crippen LogP) is 5.45. The Balaban J connectivity index is 1.93. The van der Waals surface area contributed by atoms with E-state index in [0.29, 0.717) is 16.2 Å². The van der Waals surface area contributed by atoms with E-state index in [-0.39, 0.29) is 5.56 Å². The molecule has 0 saturated heterocycles. The number of aromatic nitrogens is 2. The number of nitrogens with zero attached hydrogens (tertiary/aromatic N) is 3. The molecule has 0 aliphatic rings. The molecule has 1 atom stereocenters. The van der Waals surface area contributed by atoms with Gasteiger partial charge < -0.3 is 0 Å². The van der Waals surface area contributed by atoms with E-state index in [4.69, 9.17) is 23.2 Å². The van der Waals surface area contributed by atoms with Gasteiger partial charge in [0.25, 0.3) is 5.56 Å². The van der Waals surface area contributed by atoms with Gasteiger partial charge in [0.2, 0.25) is 0 Å². The van der Waals surface area contributed by atoms with Gasteiger partial charge >= 0.3 is 0 Å². The van der Waals surface area contributed by atoms with Crippen LogP contribution < -0.4 is 5.56 Å². The molecule has 0 N–H and O–H groups in total. The van der Waals surface area contributed by atoms with E-state index in [2.05, 4.69) is 11.1 Å². The molecule has 142 valence electrons. The lowest BCUT2D eigenvalue weighted by molar-refractivity contribution is 0.886. The van der Waals surface area contributed by atoms with E-state index in [9.17, 15) is 10.1 Å². The highest BCUT2D eigenvalue weighted by Crippen LogP contribution is 2.33. The topological polar surface area (TPSA) is 58.7 Å². The number of hydrogen-bond acceptors (Lipinski definition) is 3. The van der Waals surface area contributed by atoms with Gasteiger partial charge in [-0.15, -0.1) is 11.6 Å². The van der Waals surface area contributed by atoms with Crippen molar-refractivity contribution >= 4 is 34.2 Å². The summed E-state index contributed by atoms with van der Waals surface area (Å²) in [6.07, 6.45) is 1.68. The average molecular weight is 420 g/mol. The summed E-state index contributed by atoms with van der Waals surface area (Å²) in [5, 5.41) is 10.2. The van der Waals surface area contributed by atoms with E-state index in [1.807, 2.05) is 24.3 Å². The maximum atomic E-state index is 12.5. The minimum absolute atomic E-state index is 0.171. The van der Waals surface area contributed by atoms with Gasteiger partial charge in [-0.2, -0.15) is 5.26 Å². The molecule has 4 nitrogen and oxygen atoms in total. The van der Waals surface area contributed by atoms with Gasteiger partial charge in [0, 0.05) is 29.7 Å². The van der Waals surface area contributed by atoms with Gasteiger partial charge in [0.15, 0.2) is 0 Å². The predicted molar refractivity (Wildman–Crippen MR) is 116 cm³/mol. The number of rotatable bonds is 3. The normalized spacial score (nSPS) is 11.9. The van der Waals surface area contributed by atoms with Crippen LogP contribution in [0.3, 0.4) is 0 Å². The number of alkyl halides is 1. The maximum absolute atomic E-state index is 12.5. The Bertz CT molecular complexity index is 1320. The first kappa shape index (κ1) is 19.2. The molecule has 0 saturated carbocycles. The van der Waals surface area contributed by atoms with Gasteiger partial charge in [0.05, 0.1) is 17.0 Å². The van der Waals surface area contributed by atoms with Crippen LogP contribution in [0.25, 0.3) is 22.2 Å². The van der Waals surface area contributed by atoms with E-state index in [1.54, 1.807) is 49.6 Å². The summed E-state index contributed by atoms with van der Waals surface area (Å²) in [6, 6.07) is 20.2. The number of fused-ring (bicyclic) bond motifs is 1. The molecule has 0 amide bonds. The van der Waals surface area contributed by atoms with E-state index in [1.165, 1.54) is 4.57 Å². The molecule has 6 heteroatoms. The number of aryl methyl sites for hydroxylation is 1. The molecule has 29 heavy (non-hydrogen) atoms. The van der Waals surface area contributed by atoms with Gasteiger partial charge in [-0.25, -0.2) is 4.98 Å². The minimum Gasteiger partial charge on any atom is -0.296 e. The van der Waals surface area contributed by atoms with Crippen LogP contribution in [0, 0.1) is 11.3 Å². The van der Waals surface area contributed by atoms with Crippen molar-refractivity contribution in [3.05, 3.63) is 98.9 Å². The third kappa shape index (κ3) is 3.63. The fraction of sp³-hybridized carbons (Fsp3) is 0.0870. The number of hydrogen-bond donors (Lipinski definition) is 0. The van der Waals surface area contributed by atoms with E-state index in [0.717, 1.165) is 27.6 Å². The average Bonchev–Trinajstić information content (AvgIpc) is 2.76. The van der Waals surface area contributed by atoms with Crippen LogP contribution in [0.1, 0.15) is 22.1 Å². The highest BCUT2D eigenvalue weighted by molar-refractivity contribution is 6.30. The second-order valence-corrected chi connectivity index (χ2v) is 7.57. The van der Waals surface area contributed by atoms with Crippen LogP contribution in [-0.4, -0.2) is 9.55 Å². The quantitative estimate of drug-likeness (QED) is 0.414. The smallest absolute Gasteiger partial charge is 0.252 e. The van der Waals surface area contributed by atoms with Crippen LogP contribution in [0.5, 0.6) is 0 Å². The van der Waals surface area contributed by atoms with Crippen molar-refractivity contribution in [2.24, 2.45) is 7.05 Å². The number of nitriles is 1. The first-order valence-corrected chi connectivity index (χ1v) is 9.69. The molecule has 0 bridgehead atoms. The lowest BCUT2D eigenvalue weighted by Gasteiger charge is -2.14. The molecule has 2 aromatic carbocycles. The second-order valence-electron chi connectivity index (χ2n) is 6.70. The standard InChI is InChI=1S/C23H15Cl2N3O/c1-28-21(29)11-19(16-4-2-3-14(9-16)12-26)20-10-17(13-27-23(20)28)22(25)15-5-7-18(24)8-6-15/h2-11,13,22H,1H3. The Morgan fingerprint density at radius 3 is 2.55 bits per heavy atom. The number of pyridine rings is 2. The highest BCUT2D eigenvalue weighted by atomic mass is 35.5. The Labute approximate surface area is 177 Å². The zero-order valence-corrected chi connectivity index (χ0v) is 16.9. The van der Waals surface area contributed by atoms with Gasteiger partial charge in [-0.3, -0.25) is 9.36 Å². The van der Waals surface area contributed by atoms with E-state index >= 15 is 0 Å². The third-order valence-electron chi connectivity index (χ3n) is 4.85. The number of halogens is 2. The fourth-order valence-electron chi connectivity index (χ4n) is 3.30. The van der Waals surface area contributed by atoms with Crippen molar-refractivity contribution < 1.29 is 0 Å². The van der Waals surface area contributed by atoms with Crippen LogP contribution in [-0.2, 0) is 7.05 Å². The fourth-order valence-corrected chi connectivity index (χ4v) is 3.69. The monoisotopic (exact) mass is 419 g/mol. The van der Waals surface area contributed by atoms with Gasteiger partial charge in [-0.1, -0.05) is 35.9 Å². The summed E-state index contributed by atoms with van der Waals surface area (Å²) < 4.78 is 1.50. The SMILES string of the molecule is Cn1c(=O)cc(-c2cccc(C#N)c2)c2cc(C(Cl)c3ccc(Cl)cc3)cnc21. The molecule has 0 aliphatic heterocycles. The van der Waals surface area contributed by atoms with Crippen molar-refractivity contribution in [3.8, 4) is 17.2 Å². The highest BCUT2D eigenvalue weighted by Gasteiger charge is 2.16. The summed E-state index contributed by atoms with van der Waals surface area (Å²) in [5.41, 5.74) is 4.11. The second kappa shape index (κ2) is 7.71. The largest absolute Gasteiger partial charge is 0.296 e. The first-order chi connectivity index (χ1) is 14.0. The van der Waals surface area contributed by atoms with Crippen molar-refractivity contribution in [1.82, 2.24) is 9.55 Å². The molecule has 1 unspecified atom stereocenters. The van der Waals surface area contributed by atoms with Crippen LogP contribution in [0.15, 0.2) is 71.7 Å². The molecule has 2 aromatic heterocycles. The van der Waals surface area contributed by atoms with Crippen molar-refractivity contribution in [1.29, 1.82) is 5.26 Å². The third-order valence-corrected chi connectivity index (χ3v) is 5.61. The maximum Gasteiger partial charge on any atom is 0.252 e. The molecule has 4 rings (SSSR count). The van der Waals surface area contributed by atoms with Gasteiger partial charge in [0.1, 0.15) is 5.65 Å². The molecule has 0 spiro atoms. The first-order valence-electron chi connectivity index (χ1n) is 8.87. The summed E-state index contributed by atoms with van der Waals surface area (Å²) in [7, 11) is 1.68. The molecule has 2 heterocycles. The van der Waals surface area contributed by atoms with Gasteiger partial charge in [-0.05, 0) is 52.6 Å². The van der Waals surface area contributed by atoms with Crippen LogP contribution in [0.4, 0.5) is 0 Å². The Kier molecular flexibility index (Phi) is 5.10. The van der Waals surface area contributed by atoms with Crippen LogP contribution in [0.2, 0.25) is 5.02 Å². The molecular formula is C23H15Cl2N3O. The van der Waals surface area contributed by atoms with E-state index < -0.39 is 5.38 Å². The Hall–Kier alpha value is -3.13. The Morgan fingerprint density at radius 2 is 1.83 bits per heavy atom. The van der Waals surface area contributed by atoms with Crippen LogP contribution >= 0.6 is 23.2 Å². The molecule has 0 radical (unpaired) electrons. The molecule has 4 aromatic rings. The van der Waals surface area contributed by atoms with Crippen molar-refractivity contribution in [2.75, 3.05) is 0 Å². The lowest BCUT2D eigenvalue weighted by Crippen LogP contribution is -2.17. The zero-order valence-electron chi connectivity index (χ0n) is 15.4. The zero-order chi connectivity index (χ0) is 20.5. The summed E-state index contributed by atoms with van der Waals surface area (Å²) in [5.74, 6) is 0. The molecule has 0 fully saturated rings. The number of benzene rings is 2. The van der Waals surface area contributed by atoms with Crippen molar-refractivity contribution in [3.63, 3.8) is 0 Å². The van der Waals surface area contributed by atoms with Crippen molar-refractivity contribution in [2.45, 2.75) is 5.38 Å².